The van der Waals surface area contributed by atoms with Crippen LogP contribution in [0, 0.1) is 0 Å². The molecule has 106 valence electrons. The van der Waals surface area contributed by atoms with Crippen LogP contribution in [0.5, 0.6) is 0 Å². The summed E-state index contributed by atoms with van der Waals surface area (Å²) in [6, 6.07) is 0. The summed E-state index contributed by atoms with van der Waals surface area (Å²) in [5, 5.41) is 0. The second-order valence-electron chi connectivity index (χ2n) is 3.50. The zero-order valence-electron chi connectivity index (χ0n) is 9.59. The number of hydrogen-bond donors (Lipinski definition) is 1. The Balaban J connectivity index is 3.46. The molecule has 0 atom stereocenters. The fourth-order valence-corrected chi connectivity index (χ4v) is 1.46. The Kier molecular flexibility index (Phi) is 4.28. The van der Waals surface area contributed by atoms with Crippen LogP contribution in [0.15, 0.2) is 6.20 Å². The van der Waals surface area contributed by atoms with Gasteiger partial charge in [-0.25, -0.2) is 13.8 Å². The average molecular weight is 284 g/mol. The van der Waals surface area contributed by atoms with E-state index >= 15 is 0 Å². The van der Waals surface area contributed by atoms with Gasteiger partial charge < -0.3 is 10.5 Å². The van der Waals surface area contributed by atoms with Crippen molar-refractivity contribution in [3.05, 3.63) is 22.9 Å². The lowest BCUT2D eigenvalue weighted by molar-refractivity contribution is -0.141. The minimum Gasteiger partial charge on any atom is -0.469 e. The molecule has 2 N–H and O–H groups in total. The first kappa shape index (κ1) is 15.1. The second kappa shape index (κ2) is 5.37. The highest BCUT2D eigenvalue weighted by atomic mass is 19.4. The van der Waals surface area contributed by atoms with Gasteiger partial charge in [-0.1, -0.05) is 0 Å². The van der Waals surface area contributed by atoms with Crippen molar-refractivity contribution >= 4 is 11.8 Å². The molecule has 0 amide bonds. The number of carbonyl (C=O) groups excluding carboxylic acids is 1. The summed E-state index contributed by atoms with van der Waals surface area (Å²) >= 11 is 0. The standard InChI is InChI=1S/C10H9F5N2O2/c1-19-6(18)2-4-7(8(11)12)5(10(13,14)15)3-17-9(4)16/h3,8H,2H2,1H3,(H2,16,17). The summed E-state index contributed by atoms with van der Waals surface area (Å²) in [7, 11) is 0.974. The first-order valence-corrected chi connectivity index (χ1v) is 4.87. The largest absolute Gasteiger partial charge is 0.469 e. The Morgan fingerprint density at radius 3 is 2.47 bits per heavy atom. The van der Waals surface area contributed by atoms with Crippen molar-refractivity contribution < 1.29 is 31.5 Å². The molecule has 0 spiro atoms. The molecule has 0 aromatic carbocycles. The molecular formula is C10H9F5N2O2. The highest BCUT2D eigenvalue weighted by molar-refractivity contribution is 5.75. The van der Waals surface area contributed by atoms with Crippen molar-refractivity contribution in [2.75, 3.05) is 12.8 Å². The summed E-state index contributed by atoms with van der Waals surface area (Å²) in [5.41, 5.74) is 1.63. The molecule has 0 bridgehead atoms. The van der Waals surface area contributed by atoms with E-state index in [0.29, 0.717) is 0 Å². The van der Waals surface area contributed by atoms with Crippen molar-refractivity contribution in [1.29, 1.82) is 0 Å². The van der Waals surface area contributed by atoms with E-state index in [2.05, 4.69) is 9.72 Å². The van der Waals surface area contributed by atoms with E-state index in [4.69, 9.17) is 5.73 Å². The van der Waals surface area contributed by atoms with Gasteiger partial charge in [0.1, 0.15) is 5.82 Å². The maximum Gasteiger partial charge on any atom is 0.418 e. The molecule has 0 radical (unpaired) electrons. The zero-order chi connectivity index (χ0) is 14.8. The molecular weight excluding hydrogens is 275 g/mol. The fourth-order valence-electron chi connectivity index (χ4n) is 1.46. The predicted octanol–water partition coefficient (Wildman–Crippen LogP) is 2.34. The van der Waals surface area contributed by atoms with Gasteiger partial charge in [0.05, 0.1) is 19.1 Å². The summed E-state index contributed by atoms with van der Waals surface area (Å²) in [6.45, 7) is 0. The third-order valence-electron chi connectivity index (χ3n) is 2.33. The van der Waals surface area contributed by atoms with Gasteiger partial charge in [0.25, 0.3) is 6.43 Å². The molecule has 0 saturated heterocycles. The quantitative estimate of drug-likeness (QED) is 0.683. The molecule has 1 heterocycles. The average Bonchev–Trinajstić information content (AvgIpc) is 2.29. The van der Waals surface area contributed by atoms with Crippen LogP contribution < -0.4 is 5.73 Å². The number of ether oxygens (including phenoxy) is 1. The monoisotopic (exact) mass is 284 g/mol. The number of pyridine rings is 1. The highest BCUT2D eigenvalue weighted by Gasteiger charge is 2.38. The van der Waals surface area contributed by atoms with Gasteiger partial charge in [-0.3, -0.25) is 4.79 Å². The van der Waals surface area contributed by atoms with Gasteiger partial charge in [0.2, 0.25) is 0 Å². The molecule has 19 heavy (non-hydrogen) atoms. The first-order chi connectivity index (χ1) is 8.68. The number of halogens is 5. The molecule has 1 rings (SSSR count). The summed E-state index contributed by atoms with van der Waals surface area (Å²) < 4.78 is 67.7. The smallest absolute Gasteiger partial charge is 0.418 e. The Hall–Kier alpha value is -1.93. The third kappa shape index (κ3) is 3.30. The number of esters is 1. The second-order valence-corrected chi connectivity index (χ2v) is 3.50. The van der Waals surface area contributed by atoms with Crippen LogP contribution in [0.25, 0.3) is 0 Å². The SMILES string of the molecule is COC(=O)Cc1c(N)ncc(C(F)(F)F)c1C(F)F. The molecule has 0 saturated carbocycles. The summed E-state index contributed by atoms with van der Waals surface area (Å²) in [4.78, 5) is 14.2. The minimum atomic E-state index is -5.02. The van der Waals surface area contributed by atoms with Gasteiger partial charge in [-0.15, -0.1) is 0 Å². The Morgan fingerprint density at radius 1 is 1.47 bits per heavy atom. The molecule has 1 aromatic rings. The maximum absolute atomic E-state index is 12.8. The van der Waals surface area contributed by atoms with E-state index in [1.807, 2.05) is 0 Å². The minimum absolute atomic E-state index is 0.220. The maximum atomic E-state index is 12.8. The predicted molar refractivity (Wildman–Crippen MR) is 54.3 cm³/mol. The third-order valence-corrected chi connectivity index (χ3v) is 2.33. The Labute approximate surface area is 104 Å². The Morgan fingerprint density at radius 2 is 2.05 bits per heavy atom. The number of methoxy groups -OCH3 is 1. The van der Waals surface area contributed by atoms with Crippen molar-refractivity contribution in [3.8, 4) is 0 Å². The topological polar surface area (TPSA) is 65.2 Å². The summed E-state index contributed by atoms with van der Waals surface area (Å²) in [5.74, 6) is -1.55. The van der Waals surface area contributed by atoms with E-state index in [0.717, 1.165) is 7.11 Å². The van der Waals surface area contributed by atoms with E-state index in [1.54, 1.807) is 0 Å². The number of carbonyl (C=O) groups is 1. The molecule has 4 nitrogen and oxygen atoms in total. The number of nitrogens with zero attached hydrogens (tertiary/aromatic N) is 1. The lowest BCUT2D eigenvalue weighted by Crippen LogP contribution is -2.17. The molecule has 0 aliphatic heterocycles. The van der Waals surface area contributed by atoms with Crippen molar-refractivity contribution in [3.63, 3.8) is 0 Å². The van der Waals surface area contributed by atoms with Crippen molar-refractivity contribution in [1.82, 2.24) is 4.98 Å². The normalized spacial score (nSPS) is 11.7. The number of hydrogen-bond acceptors (Lipinski definition) is 4. The first-order valence-electron chi connectivity index (χ1n) is 4.87. The lowest BCUT2D eigenvalue weighted by Gasteiger charge is -2.16. The number of nitrogens with two attached hydrogens (primary N) is 1. The van der Waals surface area contributed by atoms with Crippen LogP contribution in [0.2, 0.25) is 0 Å². The molecule has 0 aliphatic carbocycles. The van der Waals surface area contributed by atoms with Gasteiger partial charge >= 0.3 is 12.1 Å². The van der Waals surface area contributed by atoms with Crippen LogP contribution in [0.3, 0.4) is 0 Å². The van der Waals surface area contributed by atoms with Crippen molar-refractivity contribution in [2.24, 2.45) is 0 Å². The van der Waals surface area contributed by atoms with Crippen LogP contribution in [0.1, 0.15) is 23.1 Å². The number of aromatic nitrogens is 1. The van der Waals surface area contributed by atoms with Gasteiger partial charge in [-0.2, -0.15) is 13.2 Å². The van der Waals surface area contributed by atoms with E-state index in [1.165, 1.54) is 0 Å². The molecule has 0 aliphatic rings. The number of rotatable bonds is 3. The number of nitrogen functional groups attached to an aromatic ring is 1. The number of anilines is 1. The molecule has 0 unspecified atom stereocenters. The molecule has 9 heteroatoms. The van der Waals surface area contributed by atoms with Gasteiger partial charge in [0.15, 0.2) is 0 Å². The van der Waals surface area contributed by atoms with Crippen LogP contribution in [0.4, 0.5) is 27.8 Å². The van der Waals surface area contributed by atoms with E-state index in [9.17, 15) is 26.7 Å². The summed E-state index contributed by atoms with van der Waals surface area (Å²) in [6.07, 6.45) is -9.05. The van der Waals surface area contributed by atoms with Gasteiger partial charge in [0, 0.05) is 17.3 Å². The van der Waals surface area contributed by atoms with E-state index in [-0.39, 0.29) is 6.20 Å². The van der Waals surface area contributed by atoms with Crippen LogP contribution in [-0.2, 0) is 22.1 Å². The van der Waals surface area contributed by atoms with Crippen LogP contribution in [-0.4, -0.2) is 18.1 Å². The van der Waals surface area contributed by atoms with E-state index < -0.39 is 47.5 Å². The zero-order valence-corrected chi connectivity index (χ0v) is 9.59. The molecule has 0 fully saturated rings. The number of alkyl halides is 5. The van der Waals surface area contributed by atoms with Crippen molar-refractivity contribution in [2.45, 2.75) is 19.0 Å². The van der Waals surface area contributed by atoms with Crippen LogP contribution >= 0.6 is 0 Å². The fraction of sp³-hybridized carbons (Fsp3) is 0.400. The molecule has 1 aromatic heterocycles. The van der Waals surface area contributed by atoms with Gasteiger partial charge in [-0.05, 0) is 0 Å². The lowest BCUT2D eigenvalue weighted by atomic mass is 10.0. The Bertz CT molecular complexity index is 488. The highest BCUT2D eigenvalue weighted by Crippen LogP contribution is 2.39.